The summed E-state index contributed by atoms with van der Waals surface area (Å²) in [7, 11) is 0. The van der Waals surface area contributed by atoms with Gasteiger partial charge in [0.1, 0.15) is 5.82 Å². The Labute approximate surface area is 126 Å². The molecule has 1 N–H and O–H groups in total. The molecular weight excluding hydrogens is 265 g/mol. The molecule has 1 fully saturated rings. The second kappa shape index (κ2) is 8.11. The van der Waals surface area contributed by atoms with Crippen LogP contribution in [0.4, 0.5) is 4.39 Å². The first-order valence-corrected chi connectivity index (χ1v) is 7.84. The maximum atomic E-state index is 13.2. The third-order valence-electron chi connectivity index (χ3n) is 4.10. The van der Waals surface area contributed by atoms with Crippen LogP contribution in [0.1, 0.15) is 37.3 Å². The fourth-order valence-corrected chi connectivity index (χ4v) is 3.01. The van der Waals surface area contributed by atoms with Crippen molar-refractivity contribution in [2.24, 2.45) is 5.92 Å². The van der Waals surface area contributed by atoms with Crippen molar-refractivity contribution in [2.75, 3.05) is 26.2 Å². The quantitative estimate of drug-likeness (QED) is 0.875. The number of nitrogens with one attached hydrogen (secondary N) is 1. The van der Waals surface area contributed by atoms with Gasteiger partial charge in [-0.1, -0.05) is 13.0 Å². The number of rotatable bonds is 6. The zero-order chi connectivity index (χ0) is 15.1. The van der Waals surface area contributed by atoms with Crippen molar-refractivity contribution in [1.82, 2.24) is 10.2 Å². The molecule has 0 aliphatic carbocycles. The van der Waals surface area contributed by atoms with Crippen LogP contribution in [0.25, 0.3) is 0 Å². The Morgan fingerprint density at radius 3 is 2.81 bits per heavy atom. The molecule has 114 valence electrons. The third kappa shape index (κ3) is 4.80. The molecule has 21 heavy (non-hydrogen) atoms. The molecule has 1 heterocycles. The first-order chi connectivity index (χ1) is 10.2. The summed E-state index contributed by atoms with van der Waals surface area (Å²) in [5.74, 6) is 0.388. The smallest absolute Gasteiger partial charge is 0.124 e. The highest BCUT2D eigenvalue weighted by Gasteiger charge is 2.17. The lowest BCUT2D eigenvalue weighted by atomic mass is 9.97. The maximum absolute atomic E-state index is 13.2. The number of halogens is 1. The summed E-state index contributed by atoms with van der Waals surface area (Å²) >= 11 is 0. The van der Waals surface area contributed by atoms with Gasteiger partial charge in [0.15, 0.2) is 0 Å². The number of nitriles is 1. The largest absolute Gasteiger partial charge is 0.317 e. The van der Waals surface area contributed by atoms with Crippen molar-refractivity contribution < 1.29 is 4.39 Å². The first kappa shape index (κ1) is 15.9. The van der Waals surface area contributed by atoms with Crippen LogP contribution in [0, 0.1) is 23.1 Å². The standard InChI is InChI=1S/C17H24FN3/c1-2-9-21(12-14-5-7-20-8-6-14)13-15-3-4-17(18)10-16(15)11-19/h3-4,10,14,20H,2,5-9,12-13H2,1H3. The minimum atomic E-state index is -0.337. The fraction of sp³-hybridized carbons (Fsp3) is 0.588. The van der Waals surface area contributed by atoms with Crippen LogP contribution in [0.3, 0.4) is 0 Å². The van der Waals surface area contributed by atoms with Crippen LogP contribution in [-0.2, 0) is 6.54 Å². The summed E-state index contributed by atoms with van der Waals surface area (Å²) in [6, 6.07) is 6.65. The van der Waals surface area contributed by atoms with Gasteiger partial charge in [0.05, 0.1) is 11.6 Å². The zero-order valence-electron chi connectivity index (χ0n) is 12.7. The van der Waals surface area contributed by atoms with Gasteiger partial charge >= 0.3 is 0 Å². The molecule has 0 amide bonds. The summed E-state index contributed by atoms with van der Waals surface area (Å²) in [6.45, 7) is 7.20. The van der Waals surface area contributed by atoms with Gasteiger partial charge in [0, 0.05) is 13.1 Å². The Kier molecular flexibility index (Phi) is 6.16. The van der Waals surface area contributed by atoms with Crippen LogP contribution in [0.5, 0.6) is 0 Å². The summed E-state index contributed by atoms with van der Waals surface area (Å²) in [4.78, 5) is 2.41. The van der Waals surface area contributed by atoms with Gasteiger partial charge in [-0.15, -0.1) is 0 Å². The molecule has 1 aliphatic heterocycles. The number of benzene rings is 1. The molecule has 3 nitrogen and oxygen atoms in total. The Bertz CT molecular complexity index is 489. The topological polar surface area (TPSA) is 39.1 Å². The van der Waals surface area contributed by atoms with Gasteiger partial charge in [0.25, 0.3) is 0 Å². The molecule has 0 spiro atoms. The fourth-order valence-electron chi connectivity index (χ4n) is 3.01. The molecule has 0 unspecified atom stereocenters. The molecular formula is C17H24FN3. The van der Waals surface area contributed by atoms with Crippen LogP contribution >= 0.6 is 0 Å². The Morgan fingerprint density at radius 1 is 1.38 bits per heavy atom. The van der Waals surface area contributed by atoms with E-state index in [9.17, 15) is 4.39 Å². The second-order valence-electron chi connectivity index (χ2n) is 5.84. The van der Waals surface area contributed by atoms with E-state index in [4.69, 9.17) is 5.26 Å². The van der Waals surface area contributed by atoms with Crippen molar-refractivity contribution in [3.63, 3.8) is 0 Å². The summed E-state index contributed by atoms with van der Waals surface area (Å²) in [6.07, 6.45) is 3.53. The van der Waals surface area contributed by atoms with E-state index in [0.717, 1.165) is 50.6 Å². The SMILES string of the molecule is CCCN(Cc1ccc(F)cc1C#N)CC1CCNCC1. The van der Waals surface area contributed by atoms with E-state index in [1.54, 1.807) is 6.07 Å². The molecule has 0 aromatic heterocycles. The second-order valence-corrected chi connectivity index (χ2v) is 5.84. The highest BCUT2D eigenvalue weighted by Crippen LogP contribution is 2.18. The molecule has 2 rings (SSSR count). The molecule has 1 aliphatic rings. The molecule has 0 radical (unpaired) electrons. The lowest BCUT2D eigenvalue weighted by molar-refractivity contribution is 0.198. The van der Waals surface area contributed by atoms with Crippen LogP contribution in [0.15, 0.2) is 18.2 Å². The normalized spacial score (nSPS) is 16.1. The van der Waals surface area contributed by atoms with Crippen molar-refractivity contribution >= 4 is 0 Å². The summed E-state index contributed by atoms with van der Waals surface area (Å²) in [5, 5.41) is 12.6. The van der Waals surface area contributed by atoms with E-state index in [2.05, 4.69) is 23.2 Å². The lowest BCUT2D eigenvalue weighted by Gasteiger charge is -2.30. The predicted octanol–water partition coefficient (Wildman–Crippen LogP) is 2.91. The first-order valence-electron chi connectivity index (χ1n) is 7.84. The van der Waals surface area contributed by atoms with E-state index in [1.807, 2.05) is 0 Å². The van der Waals surface area contributed by atoms with Crippen molar-refractivity contribution in [3.05, 3.63) is 35.1 Å². The molecule has 4 heteroatoms. The van der Waals surface area contributed by atoms with E-state index < -0.39 is 0 Å². The molecule has 1 aromatic carbocycles. The number of piperidine rings is 1. The average Bonchev–Trinajstić information content (AvgIpc) is 2.50. The highest BCUT2D eigenvalue weighted by molar-refractivity contribution is 5.37. The molecule has 0 saturated carbocycles. The van der Waals surface area contributed by atoms with Gasteiger partial charge in [-0.25, -0.2) is 4.39 Å². The Balaban J connectivity index is 2.03. The van der Waals surface area contributed by atoms with E-state index in [-0.39, 0.29) is 5.82 Å². The molecule has 0 bridgehead atoms. The monoisotopic (exact) mass is 289 g/mol. The average molecular weight is 289 g/mol. The van der Waals surface area contributed by atoms with E-state index in [1.165, 1.54) is 25.0 Å². The molecule has 1 aromatic rings. The Morgan fingerprint density at radius 2 is 2.14 bits per heavy atom. The van der Waals surface area contributed by atoms with Gasteiger partial charge in [-0.3, -0.25) is 4.90 Å². The highest BCUT2D eigenvalue weighted by atomic mass is 19.1. The van der Waals surface area contributed by atoms with Crippen LogP contribution < -0.4 is 5.32 Å². The van der Waals surface area contributed by atoms with Crippen molar-refractivity contribution in [1.29, 1.82) is 5.26 Å². The third-order valence-corrected chi connectivity index (χ3v) is 4.10. The maximum Gasteiger partial charge on any atom is 0.124 e. The van der Waals surface area contributed by atoms with E-state index in [0.29, 0.717) is 5.56 Å². The Hall–Kier alpha value is -1.44. The summed E-state index contributed by atoms with van der Waals surface area (Å²) < 4.78 is 13.2. The van der Waals surface area contributed by atoms with Crippen molar-refractivity contribution in [3.8, 4) is 6.07 Å². The van der Waals surface area contributed by atoms with Gasteiger partial charge in [-0.05, 0) is 62.5 Å². The minimum absolute atomic E-state index is 0.337. The molecule has 1 saturated heterocycles. The number of nitrogens with zero attached hydrogens (tertiary/aromatic N) is 2. The van der Waals surface area contributed by atoms with Gasteiger partial charge in [-0.2, -0.15) is 5.26 Å². The number of hydrogen-bond donors (Lipinski definition) is 1. The lowest BCUT2D eigenvalue weighted by Crippen LogP contribution is -2.36. The van der Waals surface area contributed by atoms with Crippen LogP contribution in [0.2, 0.25) is 0 Å². The van der Waals surface area contributed by atoms with Crippen LogP contribution in [-0.4, -0.2) is 31.1 Å². The van der Waals surface area contributed by atoms with Crippen molar-refractivity contribution in [2.45, 2.75) is 32.7 Å². The number of hydrogen-bond acceptors (Lipinski definition) is 3. The van der Waals surface area contributed by atoms with Gasteiger partial charge < -0.3 is 5.32 Å². The summed E-state index contributed by atoms with van der Waals surface area (Å²) in [5.41, 5.74) is 1.39. The minimum Gasteiger partial charge on any atom is -0.317 e. The van der Waals surface area contributed by atoms with Gasteiger partial charge in [0.2, 0.25) is 0 Å². The molecule has 0 atom stereocenters. The van der Waals surface area contributed by atoms with E-state index >= 15 is 0 Å². The zero-order valence-corrected chi connectivity index (χ0v) is 12.7. The predicted molar refractivity (Wildman–Crippen MR) is 82.3 cm³/mol.